The van der Waals surface area contributed by atoms with Crippen LogP contribution in [0.4, 0.5) is 5.69 Å². The van der Waals surface area contributed by atoms with Gasteiger partial charge in [0.1, 0.15) is 11.5 Å². The van der Waals surface area contributed by atoms with Crippen molar-refractivity contribution in [3.63, 3.8) is 0 Å². The number of pyridine rings is 1. The number of Topliss-reactive ketones (excluding diaryl/α,β-unsaturated/α-hetero) is 1. The van der Waals surface area contributed by atoms with Crippen LogP contribution in [0.1, 0.15) is 93.3 Å². The van der Waals surface area contributed by atoms with E-state index in [2.05, 4.69) is 48.0 Å². The molecule has 0 radical (unpaired) electrons. The molecule has 184 valence electrons. The normalized spacial score (nSPS) is 12.7. The number of nitrogens with zero attached hydrogens (tertiary/aromatic N) is 3. The minimum Gasteiger partial charge on any atom is -0.350 e. The Labute approximate surface area is 208 Å². The summed E-state index contributed by atoms with van der Waals surface area (Å²) in [5.74, 6) is 1.34. The van der Waals surface area contributed by atoms with Gasteiger partial charge in [-0.1, -0.05) is 26.7 Å². The molecule has 1 amide bonds. The van der Waals surface area contributed by atoms with E-state index in [0.29, 0.717) is 17.3 Å². The number of ketones is 1. The van der Waals surface area contributed by atoms with Crippen LogP contribution in [0.25, 0.3) is 10.9 Å². The molecule has 0 bridgehead atoms. The fourth-order valence-corrected chi connectivity index (χ4v) is 4.53. The maximum absolute atomic E-state index is 12.6. The number of fused-ring (bicyclic) bond motifs is 1. The molecule has 3 aromatic rings. The first-order chi connectivity index (χ1) is 16.9. The monoisotopic (exact) mass is 472 g/mol. The molecule has 0 saturated heterocycles. The molecule has 0 unspecified atom stereocenters. The number of carbonyl (C=O) groups is 2. The molecule has 2 aromatic heterocycles. The molecule has 1 N–H and O–H groups in total. The van der Waals surface area contributed by atoms with Crippen LogP contribution in [0.5, 0.6) is 0 Å². The topological polar surface area (TPSA) is 87.8 Å². The summed E-state index contributed by atoms with van der Waals surface area (Å²) in [4.78, 5) is 26.9. The third-order valence-corrected chi connectivity index (χ3v) is 6.39. The zero-order chi connectivity index (χ0) is 25.4. The standard InChI is InChI=1S/C23H26N4O.C6H10O/c1-4-6-17(7-5-2)20-15-27(3)22-9-8-18(13-19(20)22)26-23(28)21-12-16(14-24)10-11-25-21;1-5(7)4-6-2-3-6/h8-13,15,17H,4-7H2,1-3H3,(H,26,28);6H,2-4H2,1H3. The molecule has 6 heteroatoms. The van der Waals surface area contributed by atoms with Gasteiger partial charge in [-0.25, -0.2) is 0 Å². The van der Waals surface area contributed by atoms with Gasteiger partial charge in [0.15, 0.2) is 0 Å². The zero-order valence-electron chi connectivity index (χ0n) is 21.3. The maximum atomic E-state index is 12.6. The molecule has 0 aliphatic heterocycles. The number of anilines is 1. The van der Waals surface area contributed by atoms with Gasteiger partial charge in [-0.15, -0.1) is 0 Å². The number of rotatable bonds is 9. The Morgan fingerprint density at radius 3 is 2.46 bits per heavy atom. The second kappa shape index (κ2) is 12.3. The summed E-state index contributed by atoms with van der Waals surface area (Å²) in [6.45, 7) is 6.11. The second-order valence-corrected chi connectivity index (χ2v) is 9.55. The van der Waals surface area contributed by atoms with E-state index in [4.69, 9.17) is 5.26 Å². The summed E-state index contributed by atoms with van der Waals surface area (Å²) in [6, 6.07) is 11.1. The molecule has 1 saturated carbocycles. The highest BCUT2D eigenvalue weighted by atomic mass is 16.2. The average Bonchev–Trinajstić information content (AvgIpc) is 3.59. The van der Waals surface area contributed by atoms with Crippen LogP contribution >= 0.6 is 0 Å². The lowest BCUT2D eigenvalue weighted by Gasteiger charge is -2.15. The number of hydrogen-bond donors (Lipinski definition) is 1. The average molecular weight is 473 g/mol. The van der Waals surface area contributed by atoms with E-state index in [0.717, 1.165) is 49.2 Å². The first-order valence-electron chi connectivity index (χ1n) is 12.6. The lowest BCUT2D eigenvalue weighted by Crippen LogP contribution is -2.13. The summed E-state index contributed by atoms with van der Waals surface area (Å²) in [5.41, 5.74) is 3.91. The number of amides is 1. The van der Waals surface area contributed by atoms with Gasteiger partial charge in [0.2, 0.25) is 0 Å². The zero-order valence-corrected chi connectivity index (χ0v) is 21.3. The molecule has 4 rings (SSSR count). The molecule has 1 aliphatic carbocycles. The van der Waals surface area contributed by atoms with E-state index >= 15 is 0 Å². The molecule has 0 spiro atoms. The Kier molecular flexibility index (Phi) is 9.19. The van der Waals surface area contributed by atoms with Crippen molar-refractivity contribution in [2.45, 2.75) is 71.6 Å². The molecule has 2 heterocycles. The highest BCUT2D eigenvalue weighted by Gasteiger charge is 2.22. The highest BCUT2D eigenvalue weighted by molar-refractivity contribution is 6.04. The predicted molar refractivity (Wildman–Crippen MR) is 140 cm³/mol. The quantitative estimate of drug-likeness (QED) is 0.373. The fourth-order valence-electron chi connectivity index (χ4n) is 4.53. The Balaban J connectivity index is 0.000000420. The summed E-state index contributed by atoms with van der Waals surface area (Å²) >= 11 is 0. The SMILES string of the molecule is CC(=O)CC1CC1.CCCC(CCC)c1cn(C)c2ccc(NC(=O)c3cc(C#N)ccn3)cc12. The first-order valence-corrected chi connectivity index (χ1v) is 12.6. The number of hydrogen-bond acceptors (Lipinski definition) is 4. The van der Waals surface area contributed by atoms with Gasteiger partial charge < -0.3 is 14.7 Å². The molecule has 1 fully saturated rings. The van der Waals surface area contributed by atoms with Crippen molar-refractivity contribution in [2.75, 3.05) is 5.32 Å². The Hall–Kier alpha value is -3.46. The van der Waals surface area contributed by atoms with Crippen LogP contribution < -0.4 is 5.32 Å². The third kappa shape index (κ3) is 7.26. The smallest absolute Gasteiger partial charge is 0.274 e. The summed E-state index contributed by atoms with van der Waals surface area (Å²) in [7, 11) is 2.07. The number of nitrogens with one attached hydrogen (secondary N) is 1. The third-order valence-electron chi connectivity index (χ3n) is 6.39. The van der Waals surface area contributed by atoms with E-state index in [1.807, 2.05) is 18.2 Å². The second-order valence-electron chi connectivity index (χ2n) is 9.55. The van der Waals surface area contributed by atoms with E-state index in [9.17, 15) is 9.59 Å². The molecule has 1 aromatic carbocycles. The first kappa shape index (κ1) is 26.2. The number of aromatic nitrogens is 2. The molecule has 6 nitrogen and oxygen atoms in total. The van der Waals surface area contributed by atoms with E-state index < -0.39 is 0 Å². The Morgan fingerprint density at radius 2 is 1.89 bits per heavy atom. The minimum atomic E-state index is -0.312. The lowest BCUT2D eigenvalue weighted by molar-refractivity contribution is -0.117. The number of aryl methyl sites for hydroxylation is 1. The van der Waals surface area contributed by atoms with E-state index in [-0.39, 0.29) is 11.6 Å². The summed E-state index contributed by atoms with van der Waals surface area (Å²) < 4.78 is 2.16. The van der Waals surface area contributed by atoms with Crippen molar-refractivity contribution in [1.82, 2.24) is 9.55 Å². The van der Waals surface area contributed by atoms with E-state index in [1.54, 1.807) is 13.0 Å². The van der Waals surface area contributed by atoms with Gasteiger partial charge in [-0.05, 0) is 80.3 Å². The molecular weight excluding hydrogens is 436 g/mol. The maximum Gasteiger partial charge on any atom is 0.274 e. The molecule has 35 heavy (non-hydrogen) atoms. The minimum absolute atomic E-state index is 0.238. The van der Waals surface area contributed by atoms with Crippen molar-refractivity contribution in [1.29, 1.82) is 5.26 Å². The van der Waals surface area contributed by atoms with Crippen LogP contribution in [0.15, 0.2) is 42.7 Å². The van der Waals surface area contributed by atoms with Crippen LogP contribution in [0, 0.1) is 17.2 Å². The highest BCUT2D eigenvalue weighted by Crippen LogP contribution is 2.35. The van der Waals surface area contributed by atoms with Gasteiger partial charge >= 0.3 is 0 Å². The lowest BCUT2D eigenvalue weighted by atomic mass is 9.90. The van der Waals surface area contributed by atoms with Crippen LogP contribution in [0.2, 0.25) is 0 Å². The predicted octanol–water partition coefficient (Wildman–Crippen LogP) is 6.76. The van der Waals surface area contributed by atoms with Crippen molar-refractivity contribution < 1.29 is 9.59 Å². The van der Waals surface area contributed by atoms with Crippen LogP contribution in [0.3, 0.4) is 0 Å². The largest absolute Gasteiger partial charge is 0.350 e. The van der Waals surface area contributed by atoms with Crippen LogP contribution in [-0.2, 0) is 11.8 Å². The van der Waals surface area contributed by atoms with E-state index in [1.165, 1.54) is 36.1 Å². The number of nitriles is 1. The van der Waals surface area contributed by atoms with Crippen molar-refractivity contribution >= 4 is 28.3 Å². The Bertz CT molecular complexity index is 1210. The van der Waals surface area contributed by atoms with Gasteiger partial charge in [-0.3, -0.25) is 9.78 Å². The van der Waals surface area contributed by atoms with Gasteiger partial charge in [-0.2, -0.15) is 5.26 Å². The van der Waals surface area contributed by atoms with Crippen molar-refractivity contribution in [2.24, 2.45) is 13.0 Å². The number of carbonyl (C=O) groups excluding carboxylic acids is 2. The summed E-state index contributed by atoms with van der Waals surface area (Å²) in [6.07, 6.45) is 11.7. The van der Waals surface area contributed by atoms with Crippen molar-refractivity contribution in [3.8, 4) is 6.07 Å². The number of benzene rings is 1. The van der Waals surface area contributed by atoms with Gasteiger partial charge in [0.25, 0.3) is 5.91 Å². The molecular formula is C29H36N4O2. The van der Waals surface area contributed by atoms with Gasteiger partial charge in [0, 0.05) is 42.5 Å². The molecule has 0 atom stereocenters. The van der Waals surface area contributed by atoms with Crippen molar-refractivity contribution in [3.05, 3.63) is 59.5 Å². The fraction of sp³-hybridized carbons (Fsp3) is 0.448. The van der Waals surface area contributed by atoms with Gasteiger partial charge in [0.05, 0.1) is 11.6 Å². The summed E-state index contributed by atoms with van der Waals surface area (Å²) in [5, 5.41) is 13.1. The molecule has 1 aliphatic rings. The Morgan fingerprint density at radius 1 is 1.17 bits per heavy atom. The van der Waals surface area contributed by atoms with Crippen LogP contribution in [-0.4, -0.2) is 21.2 Å².